The van der Waals surface area contributed by atoms with Crippen molar-refractivity contribution in [2.75, 3.05) is 6.54 Å². The van der Waals surface area contributed by atoms with Crippen molar-refractivity contribution in [2.45, 2.75) is 39.0 Å². The van der Waals surface area contributed by atoms with Gasteiger partial charge in [-0.05, 0) is 45.2 Å². The normalized spacial score (nSPS) is 12.2. The van der Waals surface area contributed by atoms with Crippen LogP contribution in [0.3, 0.4) is 0 Å². The lowest BCUT2D eigenvalue weighted by Gasteiger charge is -2.08. The molecule has 1 aromatic carbocycles. The number of carbonyl (C=O) groups excluding carboxylic acids is 1. The maximum atomic E-state index is 11.9. The Labute approximate surface area is 108 Å². The second-order valence-electron chi connectivity index (χ2n) is 4.50. The largest absolute Gasteiger partial charge is 0.352 e. The molecular formula is C14H20ClNO. The molecule has 0 aliphatic rings. The van der Waals surface area contributed by atoms with Crippen molar-refractivity contribution in [3.8, 4) is 0 Å². The zero-order valence-corrected chi connectivity index (χ0v) is 11.5. The summed E-state index contributed by atoms with van der Waals surface area (Å²) in [4.78, 5) is 11.9. The zero-order chi connectivity index (χ0) is 12.8. The number of carbonyl (C=O) groups is 1. The van der Waals surface area contributed by atoms with Gasteiger partial charge in [0.2, 0.25) is 0 Å². The van der Waals surface area contributed by atoms with Crippen molar-refractivity contribution >= 4 is 17.5 Å². The molecule has 0 radical (unpaired) electrons. The molecule has 0 fully saturated rings. The highest BCUT2D eigenvalue weighted by Crippen LogP contribution is 2.10. The average molecular weight is 254 g/mol. The molecule has 0 saturated heterocycles. The summed E-state index contributed by atoms with van der Waals surface area (Å²) in [7, 11) is 0. The molecule has 0 bridgehead atoms. The van der Waals surface area contributed by atoms with E-state index in [9.17, 15) is 4.79 Å². The van der Waals surface area contributed by atoms with Crippen molar-refractivity contribution in [1.82, 2.24) is 5.32 Å². The standard InChI is InChI=1S/C14H20ClNO/c1-10-6-7-13(11(2)9-10)14(17)16-8-4-5-12(3)15/h6-7,9,12H,4-5,8H2,1-3H3,(H,16,17). The summed E-state index contributed by atoms with van der Waals surface area (Å²) in [6, 6.07) is 5.86. The summed E-state index contributed by atoms with van der Waals surface area (Å²) in [5.41, 5.74) is 2.96. The molecule has 1 unspecified atom stereocenters. The summed E-state index contributed by atoms with van der Waals surface area (Å²) in [6.07, 6.45) is 1.84. The highest BCUT2D eigenvalue weighted by atomic mass is 35.5. The molecule has 1 rings (SSSR count). The Morgan fingerprint density at radius 1 is 1.41 bits per heavy atom. The highest BCUT2D eigenvalue weighted by molar-refractivity contribution is 6.20. The Bertz CT molecular complexity index is 388. The Morgan fingerprint density at radius 3 is 2.71 bits per heavy atom. The van der Waals surface area contributed by atoms with Gasteiger partial charge in [-0.25, -0.2) is 0 Å². The highest BCUT2D eigenvalue weighted by Gasteiger charge is 2.08. The SMILES string of the molecule is Cc1ccc(C(=O)NCCCC(C)Cl)c(C)c1. The molecule has 0 heterocycles. The van der Waals surface area contributed by atoms with Gasteiger partial charge in [-0.15, -0.1) is 11.6 Å². The lowest BCUT2D eigenvalue weighted by atomic mass is 10.1. The third kappa shape index (κ3) is 4.78. The predicted molar refractivity (Wildman–Crippen MR) is 72.8 cm³/mol. The predicted octanol–water partition coefficient (Wildman–Crippen LogP) is 3.44. The number of benzene rings is 1. The van der Waals surface area contributed by atoms with Gasteiger partial charge in [0.1, 0.15) is 0 Å². The zero-order valence-electron chi connectivity index (χ0n) is 10.7. The fraction of sp³-hybridized carbons (Fsp3) is 0.500. The van der Waals surface area contributed by atoms with E-state index in [1.54, 1.807) is 0 Å². The first-order valence-electron chi connectivity index (χ1n) is 6.00. The van der Waals surface area contributed by atoms with Crippen LogP contribution in [0.2, 0.25) is 0 Å². The molecule has 0 saturated carbocycles. The fourth-order valence-corrected chi connectivity index (χ4v) is 1.90. The Hall–Kier alpha value is -1.02. The van der Waals surface area contributed by atoms with Gasteiger partial charge < -0.3 is 5.32 Å². The molecule has 0 spiro atoms. The van der Waals surface area contributed by atoms with Gasteiger partial charge in [-0.3, -0.25) is 4.79 Å². The number of amides is 1. The quantitative estimate of drug-likeness (QED) is 0.632. The number of nitrogens with one attached hydrogen (secondary N) is 1. The van der Waals surface area contributed by atoms with E-state index in [0.29, 0.717) is 6.54 Å². The summed E-state index contributed by atoms with van der Waals surface area (Å²) >= 11 is 5.84. The Kier molecular flexibility index (Phi) is 5.49. The van der Waals surface area contributed by atoms with Crippen molar-refractivity contribution in [1.29, 1.82) is 0 Å². The first-order valence-corrected chi connectivity index (χ1v) is 6.44. The topological polar surface area (TPSA) is 29.1 Å². The first-order chi connectivity index (χ1) is 8.00. The van der Waals surface area contributed by atoms with Crippen molar-refractivity contribution in [3.05, 3.63) is 34.9 Å². The summed E-state index contributed by atoms with van der Waals surface area (Å²) in [5, 5.41) is 3.09. The van der Waals surface area contributed by atoms with Crippen LogP contribution in [-0.2, 0) is 0 Å². The molecule has 1 aromatic rings. The molecule has 1 atom stereocenters. The average Bonchev–Trinajstić information content (AvgIpc) is 2.23. The number of aryl methyl sites for hydroxylation is 2. The monoisotopic (exact) mass is 253 g/mol. The van der Waals surface area contributed by atoms with Crippen LogP contribution in [0, 0.1) is 13.8 Å². The number of hydrogen-bond acceptors (Lipinski definition) is 1. The van der Waals surface area contributed by atoms with Gasteiger partial charge in [0.05, 0.1) is 0 Å². The van der Waals surface area contributed by atoms with Gasteiger partial charge in [0, 0.05) is 17.5 Å². The molecule has 2 nitrogen and oxygen atoms in total. The van der Waals surface area contributed by atoms with E-state index in [1.165, 1.54) is 5.56 Å². The maximum Gasteiger partial charge on any atom is 0.251 e. The van der Waals surface area contributed by atoms with Crippen LogP contribution in [0.15, 0.2) is 18.2 Å². The molecule has 0 aliphatic heterocycles. The minimum atomic E-state index is 0.00438. The Morgan fingerprint density at radius 2 is 2.12 bits per heavy atom. The van der Waals surface area contributed by atoms with Gasteiger partial charge in [-0.2, -0.15) is 0 Å². The number of halogens is 1. The Balaban J connectivity index is 2.47. The fourth-order valence-electron chi connectivity index (χ4n) is 1.75. The second-order valence-corrected chi connectivity index (χ2v) is 5.24. The van der Waals surface area contributed by atoms with E-state index in [0.717, 1.165) is 24.0 Å². The molecule has 1 N–H and O–H groups in total. The smallest absolute Gasteiger partial charge is 0.251 e. The van der Waals surface area contributed by atoms with Gasteiger partial charge in [0.15, 0.2) is 0 Å². The molecule has 94 valence electrons. The molecular weight excluding hydrogens is 234 g/mol. The summed E-state index contributed by atoms with van der Waals surface area (Å²) < 4.78 is 0. The van der Waals surface area contributed by atoms with Gasteiger partial charge in [0.25, 0.3) is 5.91 Å². The first kappa shape index (κ1) is 14.0. The van der Waals surface area contributed by atoms with Gasteiger partial charge in [-0.1, -0.05) is 17.7 Å². The second kappa shape index (κ2) is 6.65. The van der Waals surface area contributed by atoms with Crippen molar-refractivity contribution < 1.29 is 4.79 Å². The van der Waals surface area contributed by atoms with E-state index in [1.807, 2.05) is 39.0 Å². The summed E-state index contributed by atoms with van der Waals surface area (Å²) in [5.74, 6) is 0.00438. The van der Waals surface area contributed by atoms with Crippen LogP contribution in [0.1, 0.15) is 41.3 Å². The van der Waals surface area contributed by atoms with Crippen LogP contribution in [0.4, 0.5) is 0 Å². The van der Waals surface area contributed by atoms with Crippen LogP contribution in [0.5, 0.6) is 0 Å². The third-order valence-corrected chi connectivity index (χ3v) is 2.91. The van der Waals surface area contributed by atoms with E-state index in [-0.39, 0.29) is 11.3 Å². The van der Waals surface area contributed by atoms with E-state index >= 15 is 0 Å². The van der Waals surface area contributed by atoms with E-state index in [4.69, 9.17) is 11.6 Å². The van der Waals surface area contributed by atoms with E-state index < -0.39 is 0 Å². The molecule has 1 amide bonds. The molecule has 0 aliphatic carbocycles. The van der Waals surface area contributed by atoms with Gasteiger partial charge >= 0.3 is 0 Å². The minimum Gasteiger partial charge on any atom is -0.352 e. The van der Waals surface area contributed by atoms with E-state index in [2.05, 4.69) is 5.32 Å². The lowest BCUT2D eigenvalue weighted by Crippen LogP contribution is -2.25. The number of alkyl halides is 1. The van der Waals surface area contributed by atoms with Crippen molar-refractivity contribution in [3.63, 3.8) is 0 Å². The molecule has 17 heavy (non-hydrogen) atoms. The number of rotatable bonds is 5. The summed E-state index contributed by atoms with van der Waals surface area (Å²) in [6.45, 7) is 6.63. The maximum absolute atomic E-state index is 11.9. The molecule has 0 aromatic heterocycles. The minimum absolute atomic E-state index is 0.00438. The third-order valence-electron chi connectivity index (χ3n) is 2.69. The van der Waals surface area contributed by atoms with Crippen LogP contribution < -0.4 is 5.32 Å². The van der Waals surface area contributed by atoms with Crippen LogP contribution >= 0.6 is 11.6 Å². The van der Waals surface area contributed by atoms with Crippen molar-refractivity contribution in [2.24, 2.45) is 0 Å². The molecule has 3 heteroatoms. The number of hydrogen-bond donors (Lipinski definition) is 1. The van der Waals surface area contributed by atoms with Crippen LogP contribution in [0.25, 0.3) is 0 Å². The van der Waals surface area contributed by atoms with Crippen LogP contribution in [-0.4, -0.2) is 17.8 Å². The lowest BCUT2D eigenvalue weighted by molar-refractivity contribution is 0.0952.